The number of rotatable bonds is 3. The van der Waals surface area contributed by atoms with Crippen molar-refractivity contribution in [3.8, 4) is 0 Å². The number of aromatic nitrogens is 1. The molecule has 0 aliphatic carbocycles. The van der Waals surface area contributed by atoms with Crippen LogP contribution in [0.25, 0.3) is 10.9 Å². The molecule has 98 valence electrons. The molecule has 0 radical (unpaired) electrons. The molecule has 3 aromatic rings. The van der Waals surface area contributed by atoms with Crippen LogP contribution in [0.5, 0.6) is 0 Å². The molecule has 0 unspecified atom stereocenters. The first-order valence-corrected chi connectivity index (χ1v) is 6.71. The van der Waals surface area contributed by atoms with Crippen LogP contribution >= 0.6 is 0 Å². The first-order valence-electron chi connectivity index (χ1n) is 6.71. The number of ketones is 1. The lowest BCUT2D eigenvalue weighted by Gasteiger charge is -2.02. The molecular weight excluding hydrogens is 246 g/mol. The van der Waals surface area contributed by atoms with Gasteiger partial charge in [0, 0.05) is 23.1 Å². The molecule has 0 saturated heterocycles. The average molecular weight is 262 g/mol. The summed E-state index contributed by atoms with van der Waals surface area (Å²) in [5.41, 5.74) is 3.05. The monoisotopic (exact) mass is 262 g/mol. The Morgan fingerprint density at radius 3 is 2.60 bits per heavy atom. The summed E-state index contributed by atoms with van der Waals surface area (Å²) >= 11 is 0. The molecule has 1 aromatic heterocycles. The van der Waals surface area contributed by atoms with Crippen LogP contribution in [0.15, 0.2) is 66.9 Å². The topological polar surface area (TPSA) is 20.9 Å². The molecule has 0 fully saturated rings. The standard InChI is InChI=1S/C18H16NO/c1-14-9-10-15-8-5-11-19(17(15)12-14)13-18(20)16-6-3-2-4-7-16/h2-12H,13H2,1H3/q+1. The molecule has 20 heavy (non-hydrogen) atoms. The van der Waals surface area contributed by atoms with Crippen molar-refractivity contribution < 1.29 is 9.36 Å². The molecule has 0 spiro atoms. The minimum atomic E-state index is 0.129. The van der Waals surface area contributed by atoms with Gasteiger partial charge in [-0.1, -0.05) is 36.4 Å². The smallest absolute Gasteiger partial charge is 0.227 e. The van der Waals surface area contributed by atoms with E-state index in [1.54, 1.807) is 0 Å². The zero-order valence-electron chi connectivity index (χ0n) is 11.4. The van der Waals surface area contributed by atoms with Gasteiger partial charge in [0.15, 0.2) is 6.20 Å². The van der Waals surface area contributed by atoms with Crippen molar-refractivity contribution >= 4 is 16.7 Å². The van der Waals surface area contributed by atoms with Gasteiger partial charge in [0.1, 0.15) is 0 Å². The minimum Gasteiger partial charge on any atom is -0.287 e. The Bertz CT molecular complexity index is 763. The Morgan fingerprint density at radius 2 is 1.80 bits per heavy atom. The fourth-order valence-electron chi connectivity index (χ4n) is 2.38. The van der Waals surface area contributed by atoms with E-state index >= 15 is 0 Å². The van der Waals surface area contributed by atoms with E-state index in [1.807, 2.05) is 47.2 Å². The summed E-state index contributed by atoms with van der Waals surface area (Å²) < 4.78 is 2.01. The Hall–Kier alpha value is -2.48. The van der Waals surface area contributed by atoms with Crippen LogP contribution in [0, 0.1) is 6.92 Å². The van der Waals surface area contributed by atoms with Gasteiger partial charge in [0.25, 0.3) is 0 Å². The molecule has 2 nitrogen and oxygen atoms in total. The fourth-order valence-corrected chi connectivity index (χ4v) is 2.38. The summed E-state index contributed by atoms with van der Waals surface area (Å²) in [5.74, 6) is 0.129. The third kappa shape index (κ3) is 2.45. The van der Waals surface area contributed by atoms with Crippen molar-refractivity contribution in [2.24, 2.45) is 0 Å². The van der Waals surface area contributed by atoms with Gasteiger partial charge in [0.05, 0.1) is 0 Å². The maximum Gasteiger partial charge on any atom is 0.227 e. The zero-order valence-corrected chi connectivity index (χ0v) is 11.4. The molecule has 0 saturated carbocycles. The van der Waals surface area contributed by atoms with E-state index < -0.39 is 0 Å². The van der Waals surface area contributed by atoms with Crippen LogP contribution in [0.1, 0.15) is 15.9 Å². The second kappa shape index (κ2) is 5.25. The predicted octanol–water partition coefficient (Wildman–Crippen LogP) is 3.32. The second-order valence-electron chi connectivity index (χ2n) is 4.99. The normalized spacial score (nSPS) is 10.7. The minimum absolute atomic E-state index is 0.129. The van der Waals surface area contributed by atoms with Crippen molar-refractivity contribution in [2.45, 2.75) is 13.5 Å². The Morgan fingerprint density at radius 1 is 1.00 bits per heavy atom. The Labute approximate surface area is 118 Å². The summed E-state index contributed by atoms with van der Waals surface area (Å²) in [5, 5.41) is 1.15. The Kier molecular flexibility index (Phi) is 3.30. The van der Waals surface area contributed by atoms with Gasteiger partial charge in [-0.2, -0.15) is 4.57 Å². The fraction of sp³-hybridized carbons (Fsp3) is 0.111. The van der Waals surface area contributed by atoms with Crippen molar-refractivity contribution in [1.29, 1.82) is 0 Å². The number of aryl methyl sites for hydroxylation is 1. The van der Waals surface area contributed by atoms with Crippen LogP contribution in [-0.4, -0.2) is 5.78 Å². The third-order valence-corrected chi connectivity index (χ3v) is 3.45. The number of benzene rings is 2. The molecule has 0 amide bonds. The van der Waals surface area contributed by atoms with Crippen LogP contribution in [0.4, 0.5) is 0 Å². The van der Waals surface area contributed by atoms with Gasteiger partial charge in [-0.25, -0.2) is 0 Å². The predicted molar refractivity (Wildman–Crippen MR) is 79.7 cm³/mol. The van der Waals surface area contributed by atoms with Gasteiger partial charge in [-0.05, 0) is 24.6 Å². The number of hydrogen-bond donors (Lipinski definition) is 0. The summed E-state index contributed by atoms with van der Waals surface area (Å²) in [6, 6.07) is 19.8. The zero-order chi connectivity index (χ0) is 13.9. The molecule has 0 atom stereocenters. The molecule has 0 bridgehead atoms. The van der Waals surface area contributed by atoms with Crippen LogP contribution in [0.2, 0.25) is 0 Å². The van der Waals surface area contributed by atoms with Crippen molar-refractivity contribution in [1.82, 2.24) is 0 Å². The van der Waals surface area contributed by atoms with Crippen molar-refractivity contribution in [3.63, 3.8) is 0 Å². The number of carbonyl (C=O) groups excluding carboxylic acids is 1. The van der Waals surface area contributed by atoms with E-state index in [1.165, 1.54) is 5.56 Å². The van der Waals surface area contributed by atoms with Gasteiger partial charge < -0.3 is 0 Å². The molecular formula is C18H16NO+. The third-order valence-electron chi connectivity index (χ3n) is 3.45. The number of fused-ring (bicyclic) bond motifs is 1. The van der Waals surface area contributed by atoms with Crippen LogP contribution < -0.4 is 4.57 Å². The number of hydrogen-bond acceptors (Lipinski definition) is 1. The number of carbonyl (C=O) groups is 1. The lowest BCUT2D eigenvalue weighted by molar-refractivity contribution is -0.657. The van der Waals surface area contributed by atoms with Crippen LogP contribution in [0.3, 0.4) is 0 Å². The number of Topliss-reactive ketones (excluding diaryl/α,β-unsaturated/α-hetero) is 1. The lowest BCUT2D eigenvalue weighted by Crippen LogP contribution is -2.38. The maximum absolute atomic E-state index is 12.3. The van der Waals surface area contributed by atoms with E-state index in [2.05, 4.69) is 31.2 Å². The summed E-state index contributed by atoms with van der Waals surface area (Å²) in [6.45, 7) is 2.43. The average Bonchev–Trinajstić information content (AvgIpc) is 2.49. The van der Waals surface area contributed by atoms with Gasteiger partial charge >= 0.3 is 0 Å². The molecule has 0 aliphatic rings. The Balaban J connectivity index is 1.99. The highest BCUT2D eigenvalue weighted by atomic mass is 16.1. The highest BCUT2D eigenvalue weighted by Gasteiger charge is 2.14. The number of pyridine rings is 1. The highest BCUT2D eigenvalue weighted by Crippen LogP contribution is 2.11. The van der Waals surface area contributed by atoms with E-state index in [0.717, 1.165) is 16.5 Å². The van der Waals surface area contributed by atoms with E-state index in [4.69, 9.17) is 0 Å². The summed E-state index contributed by atoms with van der Waals surface area (Å²) in [6.07, 6.45) is 1.96. The lowest BCUT2D eigenvalue weighted by atomic mass is 10.1. The highest BCUT2D eigenvalue weighted by molar-refractivity contribution is 5.95. The molecule has 2 heteroatoms. The number of nitrogens with zero attached hydrogens (tertiary/aromatic N) is 1. The molecule has 2 aromatic carbocycles. The van der Waals surface area contributed by atoms with Crippen molar-refractivity contribution in [3.05, 3.63) is 78.0 Å². The van der Waals surface area contributed by atoms with E-state index in [0.29, 0.717) is 6.54 Å². The summed E-state index contributed by atoms with van der Waals surface area (Å²) in [4.78, 5) is 12.3. The molecule has 0 N–H and O–H groups in total. The van der Waals surface area contributed by atoms with E-state index in [9.17, 15) is 4.79 Å². The first kappa shape index (κ1) is 12.5. The van der Waals surface area contributed by atoms with Gasteiger partial charge in [-0.3, -0.25) is 4.79 Å². The van der Waals surface area contributed by atoms with Crippen molar-refractivity contribution in [2.75, 3.05) is 0 Å². The van der Waals surface area contributed by atoms with Gasteiger partial charge in [-0.15, -0.1) is 0 Å². The van der Waals surface area contributed by atoms with E-state index in [-0.39, 0.29) is 5.78 Å². The molecule has 1 heterocycles. The first-order chi connectivity index (χ1) is 9.74. The second-order valence-corrected chi connectivity index (χ2v) is 4.99. The quantitative estimate of drug-likeness (QED) is 0.524. The molecule has 3 rings (SSSR count). The molecule has 0 aliphatic heterocycles. The summed E-state index contributed by atoms with van der Waals surface area (Å²) in [7, 11) is 0. The van der Waals surface area contributed by atoms with Crippen LogP contribution in [-0.2, 0) is 6.54 Å². The largest absolute Gasteiger partial charge is 0.287 e. The SMILES string of the molecule is Cc1ccc2ccc[n+](CC(=O)c3ccccc3)c2c1. The van der Waals surface area contributed by atoms with Gasteiger partial charge in [0.2, 0.25) is 17.8 Å². The maximum atomic E-state index is 12.3.